The number of ether oxygens (including phenoxy) is 1. The molecule has 0 atom stereocenters. The summed E-state index contributed by atoms with van der Waals surface area (Å²) in [5, 5.41) is 12.6. The number of aromatic nitrogens is 2. The molecule has 0 aliphatic heterocycles. The molecule has 4 aromatic rings. The van der Waals surface area contributed by atoms with Crippen LogP contribution in [0.5, 0.6) is 0 Å². The van der Waals surface area contributed by atoms with Crippen molar-refractivity contribution in [1.82, 2.24) is 15.1 Å². The van der Waals surface area contributed by atoms with Gasteiger partial charge in [0, 0.05) is 24.9 Å². The van der Waals surface area contributed by atoms with Gasteiger partial charge in [-0.05, 0) is 41.8 Å². The summed E-state index contributed by atoms with van der Waals surface area (Å²) in [6.07, 6.45) is 0.974. The highest BCUT2D eigenvalue weighted by atomic mass is 16.5. The molecule has 0 fully saturated rings. The zero-order valence-electron chi connectivity index (χ0n) is 22.2. The van der Waals surface area contributed by atoms with Gasteiger partial charge in [0.25, 0.3) is 0 Å². The van der Waals surface area contributed by atoms with Gasteiger partial charge < -0.3 is 10.1 Å². The molecule has 0 saturated heterocycles. The molecule has 2 amide bonds. The van der Waals surface area contributed by atoms with Crippen LogP contribution in [-0.2, 0) is 21.4 Å². The number of hydrogen-bond donors (Lipinski definition) is 2. The molecule has 0 radical (unpaired) electrons. The van der Waals surface area contributed by atoms with Crippen LogP contribution in [0.1, 0.15) is 45.4 Å². The summed E-state index contributed by atoms with van der Waals surface area (Å²) in [5.41, 5.74) is 2.59. The summed E-state index contributed by atoms with van der Waals surface area (Å²) in [7, 11) is 1.57. The standard InChI is InChI=1S/C20H28N4O3.C10H8/c1-6-27-18(25)12-9-14-7-10-15(11-8-14)24-17(22-19(26)21-5)13-16(23-24)20(2,3)4;1-2-6-10-8-4-3-7-9(10)5-1/h7-8,10-11,13H,6,9,12H2,1-5H3,(H2,21,22,26);1-8H. The van der Waals surface area contributed by atoms with Crippen LogP contribution in [0, 0.1) is 0 Å². The summed E-state index contributed by atoms with van der Waals surface area (Å²) in [6.45, 7) is 8.41. The highest BCUT2D eigenvalue weighted by Gasteiger charge is 2.21. The number of nitrogens with one attached hydrogen (secondary N) is 2. The van der Waals surface area contributed by atoms with Crippen molar-refractivity contribution >= 4 is 28.6 Å². The van der Waals surface area contributed by atoms with E-state index in [4.69, 9.17) is 4.74 Å². The molecule has 0 aliphatic carbocycles. The average molecular weight is 501 g/mol. The Labute approximate surface area is 218 Å². The quantitative estimate of drug-likeness (QED) is 0.306. The number of urea groups is 1. The maximum absolute atomic E-state index is 11.8. The molecular formula is C30H36N4O3. The number of carbonyl (C=O) groups excluding carboxylic acids is 2. The summed E-state index contributed by atoms with van der Waals surface area (Å²) in [5.74, 6) is 0.402. The number of fused-ring (bicyclic) bond motifs is 1. The largest absolute Gasteiger partial charge is 0.466 e. The Hall–Kier alpha value is -4.13. The van der Waals surface area contributed by atoms with E-state index in [9.17, 15) is 9.59 Å². The molecule has 1 heterocycles. The molecule has 4 rings (SSSR count). The second kappa shape index (κ2) is 12.7. The first kappa shape index (κ1) is 27.5. The van der Waals surface area contributed by atoms with E-state index >= 15 is 0 Å². The molecule has 0 unspecified atom stereocenters. The molecule has 37 heavy (non-hydrogen) atoms. The highest BCUT2D eigenvalue weighted by Crippen LogP contribution is 2.26. The third kappa shape index (κ3) is 7.93. The van der Waals surface area contributed by atoms with Gasteiger partial charge in [-0.25, -0.2) is 9.48 Å². The van der Waals surface area contributed by atoms with Crippen LogP contribution in [0.2, 0.25) is 0 Å². The lowest BCUT2D eigenvalue weighted by Gasteiger charge is -2.14. The van der Waals surface area contributed by atoms with Crippen LogP contribution in [-0.4, -0.2) is 35.4 Å². The maximum atomic E-state index is 11.8. The van der Waals surface area contributed by atoms with Crippen molar-refractivity contribution in [3.05, 3.63) is 90.1 Å². The van der Waals surface area contributed by atoms with Crippen LogP contribution >= 0.6 is 0 Å². The fourth-order valence-corrected chi connectivity index (χ4v) is 3.63. The van der Waals surface area contributed by atoms with Crippen molar-refractivity contribution in [3.63, 3.8) is 0 Å². The van der Waals surface area contributed by atoms with Crippen molar-refractivity contribution in [2.45, 2.75) is 46.0 Å². The Morgan fingerprint density at radius 1 is 0.919 bits per heavy atom. The Morgan fingerprint density at radius 3 is 1.97 bits per heavy atom. The Kier molecular flexibility index (Phi) is 9.44. The van der Waals surface area contributed by atoms with Gasteiger partial charge in [-0.15, -0.1) is 0 Å². The minimum atomic E-state index is -0.303. The summed E-state index contributed by atoms with van der Waals surface area (Å²) in [6, 6.07) is 26.0. The third-order valence-electron chi connectivity index (χ3n) is 5.71. The predicted octanol–water partition coefficient (Wildman–Crippen LogP) is 6.26. The normalized spacial score (nSPS) is 10.8. The van der Waals surface area contributed by atoms with Crippen LogP contribution < -0.4 is 10.6 Å². The second-order valence-electron chi connectivity index (χ2n) is 9.60. The molecule has 7 nitrogen and oxygen atoms in total. The average Bonchev–Trinajstić information content (AvgIpc) is 3.32. The van der Waals surface area contributed by atoms with Crippen LogP contribution in [0.15, 0.2) is 78.9 Å². The number of aryl methyl sites for hydroxylation is 1. The van der Waals surface area contributed by atoms with Crippen LogP contribution in [0.4, 0.5) is 10.6 Å². The van der Waals surface area contributed by atoms with E-state index in [1.165, 1.54) is 10.8 Å². The van der Waals surface area contributed by atoms with Crippen molar-refractivity contribution < 1.29 is 14.3 Å². The lowest BCUT2D eigenvalue weighted by atomic mass is 9.92. The maximum Gasteiger partial charge on any atom is 0.320 e. The van der Waals surface area contributed by atoms with Crippen molar-refractivity contribution in [3.8, 4) is 5.69 Å². The molecule has 0 spiro atoms. The molecular weight excluding hydrogens is 464 g/mol. The van der Waals surface area contributed by atoms with Crippen LogP contribution in [0.25, 0.3) is 16.5 Å². The zero-order valence-corrected chi connectivity index (χ0v) is 22.2. The Morgan fingerprint density at radius 2 is 1.49 bits per heavy atom. The number of anilines is 1. The molecule has 194 valence electrons. The first-order valence-electron chi connectivity index (χ1n) is 12.5. The molecule has 0 aliphatic rings. The van der Waals surface area contributed by atoms with Gasteiger partial charge in [0.2, 0.25) is 0 Å². The number of hydrogen-bond acceptors (Lipinski definition) is 4. The lowest BCUT2D eigenvalue weighted by molar-refractivity contribution is -0.143. The van der Waals surface area contributed by atoms with Crippen LogP contribution in [0.3, 0.4) is 0 Å². The van der Waals surface area contributed by atoms with E-state index in [-0.39, 0.29) is 17.4 Å². The smallest absolute Gasteiger partial charge is 0.320 e. The highest BCUT2D eigenvalue weighted by molar-refractivity contribution is 5.88. The number of nitrogens with zero attached hydrogens (tertiary/aromatic N) is 2. The van der Waals surface area contributed by atoms with E-state index in [2.05, 4.69) is 85.0 Å². The van der Waals surface area contributed by atoms with Gasteiger partial charge in [-0.3, -0.25) is 10.1 Å². The van der Waals surface area contributed by atoms with E-state index in [0.717, 1.165) is 16.9 Å². The molecule has 3 aromatic carbocycles. The first-order valence-corrected chi connectivity index (χ1v) is 12.5. The van der Waals surface area contributed by atoms with Gasteiger partial charge in [0.05, 0.1) is 18.0 Å². The zero-order chi connectivity index (χ0) is 26.8. The van der Waals surface area contributed by atoms with Crippen molar-refractivity contribution in [1.29, 1.82) is 0 Å². The third-order valence-corrected chi connectivity index (χ3v) is 5.71. The van der Waals surface area contributed by atoms with Gasteiger partial charge >= 0.3 is 12.0 Å². The van der Waals surface area contributed by atoms with E-state index in [0.29, 0.717) is 25.3 Å². The fraction of sp³-hybridized carbons (Fsp3) is 0.300. The summed E-state index contributed by atoms with van der Waals surface area (Å²) >= 11 is 0. The first-order chi connectivity index (χ1) is 17.7. The number of rotatable bonds is 6. The van der Waals surface area contributed by atoms with Crippen molar-refractivity contribution in [2.24, 2.45) is 0 Å². The van der Waals surface area contributed by atoms with Gasteiger partial charge in [0.1, 0.15) is 5.82 Å². The molecule has 0 bridgehead atoms. The number of amides is 2. The van der Waals surface area contributed by atoms with E-state index < -0.39 is 0 Å². The topological polar surface area (TPSA) is 85.2 Å². The second-order valence-corrected chi connectivity index (χ2v) is 9.60. The van der Waals surface area contributed by atoms with Gasteiger partial charge in [-0.1, -0.05) is 81.4 Å². The Balaban J connectivity index is 0.000000313. The summed E-state index contributed by atoms with van der Waals surface area (Å²) in [4.78, 5) is 23.3. The van der Waals surface area contributed by atoms with E-state index in [1.807, 2.05) is 30.3 Å². The molecule has 0 saturated carbocycles. The molecule has 2 N–H and O–H groups in total. The van der Waals surface area contributed by atoms with Gasteiger partial charge in [-0.2, -0.15) is 5.10 Å². The van der Waals surface area contributed by atoms with Gasteiger partial charge in [0.15, 0.2) is 0 Å². The SMILES string of the molecule is CCOC(=O)CCc1ccc(-n2nc(C(C)(C)C)cc2NC(=O)NC)cc1.c1ccc2ccccc2c1. The molecule has 1 aromatic heterocycles. The van der Waals surface area contributed by atoms with Crippen molar-refractivity contribution in [2.75, 3.05) is 19.0 Å². The number of esters is 1. The fourth-order valence-electron chi connectivity index (χ4n) is 3.63. The van der Waals surface area contributed by atoms with E-state index in [1.54, 1.807) is 18.7 Å². The summed E-state index contributed by atoms with van der Waals surface area (Å²) < 4.78 is 6.67. The predicted molar refractivity (Wildman–Crippen MR) is 149 cm³/mol. The minimum absolute atomic E-state index is 0.149. The molecule has 7 heteroatoms. The lowest BCUT2D eigenvalue weighted by Crippen LogP contribution is -2.25. The monoisotopic (exact) mass is 500 g/mol. The number of benzene rings is 3. The minimum Gasteiger partial charge on any atom is -0.466 e. The Bertz CT molecular complexity index is 1260. The number of carbonyl (C=O) groups is 2.